The van der Waals surface area contributed by atoms with Crippen LogP contribution in [0, 0.1) is 12.8 Å². The molecule has 26 heavy (non-hydrogen) atoms. The van der Waals surface area contributed by atoms with Crippen LogP contribution in [0.3, 0.4) is 0 Å². The van der Waals surface area contributed by atoms with Crippen molar-refractivity contribution >= 4 is 23.4 Å². The summed E-state index contributed by atoms with van der Waals surface area (Å²) in [5.41, 5.74) is 5.97. The molecule has 0 aromatic heterocycles. The Labute approximate surface area is 160 Å². The number of halogens is 2. The van der Waals surface area contributed by atoms with Gasteiger partial charge in [0.25, 0.3) is 0 Å². The summed E-state index contributed by atoms with van der Waals surface area (Å²) in [7, 11) is 0. The monoisotopic (exact) mass is 369 g/mol. The zero-order valence-electron chi connectivity index (χ0n) is 15.5. The van der Waals surface area contributed by atoms with Gasteiger partial charge in [0.1, 0.15) is 6.17 Å². The minimum Gasteiger partial charge on any atom is -0.359 e. The predicted molar refractivity (Wildman–Crippen MR) is 110 cm³/mol. The van der Waals surface area contributed by atoms with Crippen molar-refractivity contribution in [2.24, 2.45) is 5.92 Å². The highest BCUT2D eigenvalue weighted by atomic mass is 35.5. The smallest absolute Gasteiger partial charge is 0.122 e. The third-order valence-corrected chi connectivity index (χ3v) is 5.84. The molecule has 1 nitrogen and oxygen atoms in total. The number of hydrogen-bond acceptors (Lipinski definition) is 1. The number of aryl methyl sites for hydroxylation is 1. The van der Waals surface area contributed by atoms with Gasteiger partial charge in [-0.2, -0.15) is 0 Å². The van der Waals surface area contributed by atoms with Gasteiger partial charge in [0.15, 0.2) is 0 Å². The molecule has 0 heterocycles. The summed E-state index contributed by atoms with van der Waals surface area (Å²) in [4.78, 5) is -0.390. The first-order valence-electron chi connectivity index (χ1n) is 8.87. The van der Waals surface area contributed by atoms with E-state index in [1.807, 2.05) is 43.3 Å². The SMILES string of the molecule is C=Cc1cc(NC(=C)C2C(c3ccc(C(C)F)cc3)C2(C)Cl)ccc1C. The van der Waals surface area contributed by atoms with Crippen molar-refractivity contribution in [3.8, 4) is 0 Å². The molecule has 2 aromatic rings. The van der Waals surface area contributed by atoms with E-state index in [0.717, 1.165) is 22.5 Å². The molecule has 1 N–H and O–H groups in total. The highest BCUT2D eigenvalue weighted by Crippen LogP contribution is 2.64. The van der Waals surface area contributed by atoms with Gasteiger partial charge in [-0.15, -0.1) is 11.6 Å². The van der Waals surface area contributed by atoms with Crippen molar-refractivity contribution in [3.63, 3.8) is 0 Å². The standard InChI is InChI=1S/C23H25ClFN/c1-6-17-13-20(12-7-14(17)2)26-16(4)21-22(23(21,5)24)19-10-8-18(9-11-19)15(3)25/h6-13,15,21-22,26H,1,4H2,2-3,5H3. The van der Waals surface area contributed by atoms with E-state index >= 15 is 0 Å². The van der Waals surface area contributed by atoms with E-state index in [1.54, 1.807) is 6.92 Å². The van der Waals surface area contributed by atoms with Crippen LogP contribution in [0.15, 0.2) is 61.3 Å². The summed E-state index contributed by atoms with van der Waals surface area (Å²) in [6.45, 7) is 13.7. The highest BCUT2D eigenvalue weighted by molar-refractivity contribution is 6.27. The molecular weight excluding hydrogens is 345 g/mol. The Morgan fingerprint density at radius 1 is 1.27 bits per heavy atom. The lowest BCUT2D eigenvalue weighted by atomic mass is 10.0. The van der Waals surface area contributed by atoms with E-state index in [-0.39, 0.29) is 16.7 Å². The van der Waals surface area contributed by atoms with E-state index in [0.29, 0.717) is 5.56 Å². The molecule has 1 aliphatic rings. The summed E-state index contributed by atoms with van der Waals surface area (Å²) in [5, 5.41) is 3.40. The van der Waals surface area contributed by atoms with Crippen molar-refractivity contribution in [2.75, 3.05) is 5.32 Å². The third kappa shape index (κ3) is 3.43. The molecule has 1 aliphatic carbocycles. The van der Waals surface area contributed by atoms with Crippen LogP contribution in [0.2, 0.25) is 0 Å². The van der Waals surface area contributed by atoms with Gasteiger partial charge in [-0.3, -0.25) is 0 Å². The van der Waals surface area contributed by atoms with Crippen LogP contribution in [0.25, 0.3) is 6.08 Å². The fraction of sp³-hybridized carbons (Fsp3) is 0.304. The molecule has 1 saturated carbocycles. The second kappa shape index (κ2) is 6.92. The van der Waals surface area contributed by atoms with E-state index in [2.05, 4.69) is 37.5 Å². The number of hydrogen-bond donors (Lipinski definition) is 1. The first-order chi connectivity index (χ1) is 12.3. The number of anilines is 1. The number of benzene rings is 2. The molecule has 3 rings (SSSR count). The minimum absolute atomic E-state index is 0.117. The number of allylic oxidation sites excluding steroid dienone is 1. The molecule has 0 aliphatic heterocycles. The van der Waals surface area contributed by atoms with E-state index in [9.17, 15) is 4.39 Å². The Morgan fingerprint density at radius 2 is 1.92 bits per heavy atom. The van der Waals surface area contributed by atoms with E-state index in [4.69, 9.17) is 11.6 Å². The largest absolute Gasteiger partial charge is 0.359 e. The number of rotatable bonds is 6. The molecule has 2 aromatic carbocycles. The summed E-state index contributed by atoms with van der Waals surface area (Å²) < 4.78 is 13.4. The second-order valence-corrected chi connectivity index (χ2v) is 8.13. The van der Waals surface area contributed by atoms with Crippen molar-refractivity contribution in [1.29, 1.82) is 0 Å². The van der Waals surface area contributed by atoms with Crippen LogP contribution in [-0.2, 0) is 0 Å². The first kappa shape index (κ1) is 18.7. The maximum atomic E-state index is 13.4. The Morgan fingerprint density at radius 3 is 2.50 bits per heavy atom. The van der Waals surface area contributed by atoms with Crippen molar-refractivity contribution in [2.45, 2.75) is 37.7 Å². The molecule has 136 valence electrons. The van der Waals surface area contributed by atoms with E-state index < -0.39 is 6.17 Å². The second-order valence-electron chi connectivity index (χ2n) is 7.31. The number of nitrogens with one attached hydrogen (secondary N) is 1. The van der Waals surface area contributed by atoms with Crippen LogP contribution >= 0.6 is 11.6 Å². The van der Waals surface area contributed by atoms with Crippen LogP contribution in [-0.4, -0.2) is 4.87 Å². The summed E-state index contributed by atoms with van der Waals surface area (Å²) in [6.07, 6.45) is 0.890. The van der Waals surface area contributed by atoms with Gasteiger partial charge >= 0.3 is 0 Å². The Balaban J connectivity index is 1.76. The first-order valence-corrected chi connectivity index (χ1v) is 9.25. The third-order valence-electron chi connectivity index (χ3n) is 5.37. The molecule has 0 bridgehead atoms. The van der Waals surface area contributed by atoms with Crippen LogP contribution in [0.5, 0.6) is 0 Å². The van der Waals surface area contributed by atoms with Crippen LogP contribution in [0.4, 0.5) is 10.1 Å². The summed E-state index contributed by atoms with van der Waals surface area (Å²) in [5.74, 6) is 0.281. The Bertz CT molecular complexity index is 836. The van der Waals surface area contributed by atoms with Gasteiger partial charge in [0.05, 0.1) is 4.87 Å². The summed E-state index contributed by atoms with van der Waals surface area (Å²) >= 11 is 6.76. The van der Waals surface area contributed by atoms with Gasteiger partial charge < -0.3 is 5.32 Å². The van der Waals surface area contributed by atoms with Gasteiger partial charge in [0.2, 0.25) is 0 Å². The lowest BCUT2D eigenvalue weighted by Crippen LogP contribution is -2.05. The lowest BCUT2D eigenvalue weighted by molar-refractivity contribution is 0.374. The van der Waals surface area contributed by atoms with E-state index in [1.165, 1.54) is 5.56 Å². The molecule has 4 atom stereocenters. The van der Waals surface area contributed by atoms with Crippen molar-refractivity contribution in [1.82, 2.24) is 0 Å². The molecule has 0 spiro atoms. The zero-order valence-corrected chi connectivity index (χ0v) is 16.3. The average molecular weight is 370 g/mol. The molecule has 0 radical (unpaired) electrons. The topological polar surface area (TPSA) is 12.0 Å². The van der Waals surface area contributed by atoms with Gasteiger partial charge in [-0.1, -0.05) is 49.6 Å². The van der Waals surface area contributed by atoms with Crippen molar-refractivity contribution in [3.05, 3.63) is 83.6 Å². The number of alkyl halides is 2. The fourth-order valence-corrected chi connectivity index (χ4v) is 4.16. The highest BCUT2D eigenvalue weighted by Gasteiger charge is 2.62. The maximum Gasteiger partial charge on any atom is 0.122 e. The lowest BCUT2D eigenvalue weighted by Gasteiger charge is -2.12. The predicted octanol–water partition coefficient (Wildman–Crippen LogP) is 7.01. The van der Waals surface area contributed by atoms with Crippen molar-refractivity contribution < 1.29 is 4.39 Å². The fourth-order valence-electron chi connectivity index (χ4n) is 3.71. The van der Waals surface area contributed by atoms with Gasteiger partial charge in [0, 0.05) is 23.2 Å². The van der Waals surface area contributed by atoms with Gasteiger partial charge in [-0.25, -0.2) is 4.39 Å². The van der Waals surface area contributed by atoms with Crippen LogP contribution in [0.1, 0.15) is 48.2 Å². The minimum atomic E-state index is -0.960. The molecule has 1 fully saturated rings. The zero-order chi connectivity index (χ0) is 19.1. The molecule has 3 heteroatoms. The normalized spacial score (nSPS) is 25.4. The maximum absolute atomic E-state index is 13.4. The quantitative estimate of drug-likeness (QED) is 0.540. The molecule has 0 amide bonds. The summed E-state index contributed by atoms with van der Waals surface area (Å²) in [6, 6.07) is 13.8. The molecule has 0 saturated heterocycles. The van der Waals surface area contributed by atoms with Crippen LogP contribution < -0.4 is 5.32 Å². The molecule has 4 unspecified atom stereocenters. The Hall–Kier alpha value is -2.06. The Kier molecular flexibility index (Phi) is 4.98. The van der Waals surface area contributed by atoms with Gasteiger partial charge in [-0.05, 0) is 55.2 Å². The average Bonchev–Trinajstić information content (AvgIpc) is 3.19. The molecular formula is C23H25ClFN.